The quantitative estimate of drug-likeness (QED) is 0.613. The van der Waals surface area contributed by atoms with Crippen LogP contribution < -0.4 is 10.6 Å². The van der Waals surface area contributed by atoms with Crippen LogP contribution in [0.3, 0.4) is 0 Å². The molecule has 1 aliphatic rings. The van der Waals surface area contributed by atoms with Gasteiger partial charge in [0.05, 0.1) is 22.0 Å². The minimum Gasteiger partial charge on any atom is -0.462 e. The molecular weight excluding hydrogens is 356 g/mol. The highest BCUT2D eigenvalue weighted by Crippen LogP contribution is 2.34. The van der Waals surface area contributed by atoms with Crippen LogP contribution in [0.15, 0.2) is 27.2 Å². The number of hydrogen-bond donors (Lipinski definition) is 2. The van der Waals surface area contributed by atoms with E-state index in [0.29, 0.717) is 17.9 Å². The molecule has 2 rings (SSSR count). The Hall–Kier alpha value is -1.34. The highest BCUT2D eigenvalue weighted by molar-refractivity contribution is 9.11. The Balaban J connectivity index is 2.26. The summed E-state index contributed by atoms with van der Waals surface area (Å²) in [6.07, 6.45) is 1.79. The van der Waals surface area contributed by atoms with Crippen molar-refractivity contribution in [1.29, 1.82) is 0 Å². The van der Waals surface area contributed by atoms with Crippen molar-refractivity contribution in [3.63, 3.8) is 0 Å². The van der Waals surface area contributed by atoms with Crippen LogP contribution in [0.5, 0.6) is 0 Å². The second-order valence-corrected chi connectivity index (χ2v) is 7.20. The third kappa shape index (κ3) is 3.85. The Labute approximate surface area is 135 Å². The van der Waals surface area contributed by atoms with Crippen LogP contribution in [0.25, 0.3) is 0 Å². The van der Waals surface area contributed by atoms with Crippen molar-refractivity contribution >= 4 is 39.3 Å². The van der Waals surface area contributed by atoms with Gasteiger partial charge in [-0.2, -0.15) is 0 Å². The fraction of sp³-hybridized carbons (Fsp3) is 0.429. The van der Waals surface area contributed by atoms with E-state index in [4.69, 9.17) is 4.74 Å². The van der Waals surface area contributed by atoms with E-state index in [9.17, 15) is 9.59 Å². The predicted molar refractivity (Wildman–Crippen MR) is 85.0 cm³/mol. The number of carbonyl (C=O) groups is 2. The molecule has 0 spiro atoms. The number of rotatable bonds is 5. The molecule has 2 amide bonds. The second-order valence-electron chi connectivity index (χ2n) is 4.70. The zero-order valence-electron chi connectivity index (χ0n) is 11.9. The first-order valence-corrected chi connectivity index (χ1v) is 8.34. The lowest BCUT2D eigenvalue weighted by atomic mass is 10.0. The van der Waals surface area contributed by atoms with Gasteiger partial charge in [0.2, 0.25) is 0 Å². The molecule has 0 radical (unpaired) electrons. The Kier molecular flexibility index (Phi) is 5.41. The zero-order chi connectivity index (χ0) is 15.4. The van der Waals surface area contributed by atoms with E-state index in [1.165, 1.54) is 11.3 Å². The molecular formula is C14H17BrN2O3S. The highest BCUT2D eigenvalue weighted by Gasteiger charge is 2.32. The van der Waals surface area contributed by atoms with Crippen LogP contribution in [0, 0.1) is 0 Å². The monoisotopic (exact) mass is 372 g/mol. The summed E-state index contributed by atoms with van der Waals surface area (Å²) in [5.41, 5.74) is 0.995. The number of hydrogen-bond acceptors (Lipinski definition) is 4. The number of carbonyl (C=O) groups excluding carboxylic acids is 2. The Morgan fingerprint density at radius 2 is 2.24 bits per heavy atom. The van der Waals surface area contributed by atoms with Gasteiger partial charge in [-0.15, -0.1) is 11.3 Å². The van der Waals surface area contributed by atoms with Gasteiger partial charge in [0, 0.05) is 10.6 Å². The Bertz CT molecular complexity index is 583. The van der Waals surface area contributed by atoms with E-state index >= 15 is 0 Å². The maximum atomic E-state index is 12.3. The van der Waals surface area contributed by atoms with Crippen LogP contribution >= 0.6 is 27.3 Å². The van der Waals surface area contributed by atoms with Crippen molar-refractivity contribution in [2.24, 2.45) is 0 Å². The molecule has 0 unspecified atom stereocenters. The summed E-state index contributed by atoms with van der Waals surface area (Å²) in [4.78, 5) is 24.9. The van der Waals surface area contributed by atoms with Crippen molar-refractivity contribution in [2.75, 3.05) is 6.61 Å². The molecule has 0 bridgehead atoms. The van der Waals surface area contributed by atoms with Crippen molar-refractivity contribution in [1.82, 2.24) is 10.6 Å². The van der Waals surface area contributed by atoms with E-state index in [-0.39, 0.29) is 12.0 Å². The number of allylic oxidation sites excluding steroid dienone is 1. The molecule has 2 heterocycles. The Morgan fingerprint density at radius 1 is 1.48 bits per heavy atom. The molecule has 21 heavy (non-hydrogen) atoms. The predicted octanol–water partition coefficient (Wildman–Crippen LogP) is 3.48. The fourth-order valence-corrected chi connectivity index (χ4v) is 3.53. The average Bonchev–Trinajstić information content (AvgIpc) is 2.84. The summed E-state index contributed by atoms with van der Waals surface area (Å²) in [5.74, 6) is -0.386. The van der Waals surface area contributed by atoms with Gasteiger partial charge < -0.3 is 15.4 Å². The summed E-state index contributed by atoms with van der Waals surface area (Å²) < 4.78 is 6.24. The van der Waals surface area contributed by atoms with Gasteiger partial charge in [-0.05, 0) is 41.4 Å². The molecule has 1 aliphatic heterocycles. The van der Waals surface area contributed by atoms with Crippen molar-refractivity contribution in [3.05, 3.63) is 32.1 Å². The normalized spacial score (nSPS) is 18.2. The molecule has 114 valence electrons. The topological polar surface area (TPSA) is 67.4 Å². The van der Waals surface area contributed by atoms with Crippen LogP contribution in [0.4, 0.5) is 4.79 Å². The van der Waals surface area contributed by atoms with E-state index in [1.807, 2.05) is 19.1 Å². The van der Waals surface area contributed by atoms with Gasteiger partial charge in [0.25, 0.3) is 0 Å². The molecule has 0 saturated carbocycles. The summed E-state index contributed by atoms with van der Waals surface area (Å²) >= 11 is 4.88. The first-order chi connectivity index (χ1) is 10.0. The number of amides is 2. The molecule has 5 nitrogen and oxygen atoms in total. The summed E-state index contributed by atoms with van der Waals surface area (Å²) in [7, 11) is 0. The lowest BCUT2D eigenvalue weighted by Gasteiger charge is -2.27. The minimum absolute atomic E-state index is 0.313. The van der Waals surface area contributed by atoms with Crippen molar-refractivity contribution < 1.29 is 14.3 Å². The fourth-order valence-electron chi connectivity index (χ4n) is 2.05. The van der Waals surface area contributed by atoms with Gasteiger partial charge in [0.1, 0.15) is 0 Å². The molecule has 7 heteroatoms. The standard InChI is InChI=1S/C14H17BrN2O3S/c1-3-4-7-20-13(18)11-8(2)16-14(19)17-12(11)9-5-6-10(15)21-9/h5-6,12H,3-4,7H2,1-2H3,(H2,16,17,19)/t12-/m1/s1. The van der Waals surface area contributed by atoms with Gasteiger partial charge in [-0.25, -0.2) is 9.59 Å². The van der Waals surface area contributed by atoms with E-state index in [2.05, 4.69) is 26.6 Å². The maximum Gasteiger partial charge on any atom is 0.338 e. The largest absolute Gasteiger partial charge is 0.462 e. The SMILES string of the molecule is CCCCOC(=O)C1=C(C)NC(=O)N[C@@H]1c1ccc(Br)s1. The number of ether oxygens (including phenoxy) is 1. The molecule has 0 aromatic carbocycles. The van der Waals surface area contributed by atoms with E-state index in [1.54, 1.807) is 6.92 Å². The van der Waals surface area contributed by atoms with Crippen LogP contribution in [-0.2, 0) is 9.53 Å². The van der Waals surface area contributed by atoms with E-state index in [0.717, 1.165) is 21.5 Å². The second kappa shape index (κ2) is 7.09. The number of thiophene rings is 1. The van der Waals surface area contributed by atoms with Crippen LogP contribution in [0.2, 0.25) is 0 Å². The summed E-state index contributed by atoms with van der Waals surface area (Å²) in [6.45, 7) is 4.14. The smallest absolute Gasteiger partial charge is 0.338 e. The van der Waals surface area contributed by atoms with Gasteiger partial charge in [-0.3, -0.25) is 0 Å². The molecule has 1 atom stereocenters. The summed E-state index contributed by atoms with van der Waals surface area (Å²) in [5, 5.41) is 5.41. The molecule has 2 N–H and O–H groups in total. The number of urea groups is 1. The molecule has 0 fully saturated rings. The lowest BCUT2D eigenvalue weighted by Crippen LogP contribution is -2.45. The third-order valence-corrected chi connectivity index (χ3v) is 4.79. The minimum atomic E-state index is -0.468. The number of esters is 1. The molecule has 1 aromatic rings. The lowest BCUT2D eigenvalue weighted by molar-refractivity contribution is -0.139. The van der Waals surface area contributed by atoms with Crippen LogP contribution in [0.1, 0.15) is 37.6 Å². The van der Waals surface area contributed by atoms with Gasteiger partial charge in [-0.1, -0.05) is 13.3 Å². The molecule has 1 aromatic heterocycles. The summed E-state index contributed by atoms with van der Waals surface area (Å²) in [6, 6.07) is 3.00. The number of unbranched alkanes of at least 4 members (excludes halogenated alkanes) is 1. The van der Waals surface area contributed by atoms with Gasteiger partial charge >= 0.3 is 12.0 Å². The maximum absolute atomic E-state index is 12.3. The first kappa shape index (κ1) is 16.0. The number of halogens is 1. The zero-order valence-corrected chi connectivity index (χ0v) is 14.3. The average molecular weight is 373 g/mol. The molecule has 0 aliphatic carbocycles. The van der Waals surface area contributed by atoms with Crippen molar-refractivity contribution in [3.8, 4) is 0 Å². The van der Waals surface area contributed by atoms with Crippen LogP contribution in [-0.4, -0.2) is 18.6 Å². The molecule has 0 saturated heterocycles. The third-order valence-electron chi connectivity index (χ3n) is 3.10. The first-order valence-electron chi connectivity index (χ1n) is 6.73. The Morgan fingerprint density at radius 3 is 2.86 bits per heavy atom. The highest BCUT2D eigenvalue weighted by atomic mass is 79.9. The van der Waals surface area contributed by atoms with E-state index < -0.39 is 6.04 Å². The number of nitrogens with one attached hydrogen (secondary N) is 2. The van der Waals surface area contributed by atoms with Gasteiger partial charge in [0.15, 0.2) is 0 Å². The van der Waals surface area contributed by atoms with Crippen molar-refractivity contribution in [2.45, 2.75) is 32.7 Å².